The van der Waals surface area contributed by atoms with Gasteiger partial charge in [0.15, 0.2) is 0 Å². The number of imidazole rings is 1. The Morgan fingerprint density at radius 3 is 2.50 bits per heavy atom. The summed E-state index contributed by atoms with van der Waals surface area (Å²) in [6, 6.07) is 22.4. The molecule has 0 saturated carbocycles. The van der Waals surface area contributed by atoms with Crippen LogP contribution in [-0.4, -0.2) is 47.2 Å². The van der Waals surface area contributed by atoms with Gasteiger partial charge >= 0.3 is 0 Å². The Morgan fingerprint density at radius 1 is 1.00 bits per heavy atom. The van der Waals surface area contributed by atoms with E-state index in [4.69, 9.17) is 13.8 Å². The topological polar surface area (TPSA) is 42.3 Å². The third-order valence-corrected chi connectivity index (χ3v) is 6.59. The van der Waals surface area contributed by atoms with Crippen LogP contribution in [0.15, 0.2) is 72.8 Å². The molecule has 0 aliphatic carbocycles. The number of hydrogen-bond donors (Lipinski definition) is 1. The van der Waals surface area contributed by atoms with Crippen molar-refractivity contribution < 1.29 is 13.2 Å². The maximum atomic E-state index is 13.4. The fourth-order valence-electron chi connectivity index (χ4n) is 4.61. The van der Waals surface area contributed by atoms with Gasteiger partial charge in [0.25, 0.3) is 0 Å². The average molecular weight is 465 g/mol. The van der Waals surface area contributed by atoms with Gasteiger partial charge in [0.05, 0.1) is 28.7 Å². The number of fused-ring (bicyclic) bond motifs is 1. The van der Waals surface area contributed by atoms with Crippen LogP contribution in [0.4, 0.5) is 10.3 Å². The maximum absolute atomic E-state index is 13.4. The standard InChI is InChI=1S/C28H31FN4O/c1-34-25-12-8-21(9-13-25)14-17-32-18-15-24(16-19-32)30-28-31-26-4-2-3-5-27(26)33(28)20-22-6-10-23(29)11-7-22/h2-13,24H,14-20H2,1H3,(H,30,31)/i1T3. The lowest BCUT2D eigenvalue weighted by molar-refractivity contribution is 0.221. The van der Waals surface area contributed by atoms with Gasteiger partial charge in [-0.2, -0.15) is 0 Å². The van der Waals surface area contributed by atoms with E-state index in [0.29, 0.717) is 18.3 Å². The first-order chi connectivity index (χ1) is 17.8. The molecule has 0 amide bonds. The van der Waals surface area contributed by atoms with E-state index < -0.39 is 7.04 Å². The molecule has 2 heterocycles. The van der Waals surface area contributed by atoms with Crippen molar-refractivity contribution in [2.75, 3.05) is 32.0 Å². The van der Waals surface area contributed by atoms with Gasteiger partial charge in [0, 0.05) is 25.7 Å². The summed E-state index contributed by atoms with van der Waals surface area (Å²) in [5, 5.41) is 3.68. The molecule has 0 atom stereocenters. The van der Waals surface area contributed by atoms with E-state index in [9.17, 15) is 4.39 Å². The predicted octanol–water partition coefficient (Wildman–Crippen LogP) is 5.35. The zero-order valence-electron chi connectivity index (χ0n) is 22.1. The Kier molecular flexibility index (Phi) is 5.73. The monoisotopic (exact) mass is 464 g/mol. The van der Waals surface area contributed by atoms with Crippen molar-refractivity contribution in [2.24, 2.45) is 0 Å². The van der Waals surface area contributed by atoms with Crippen molar-refractivity contribution in [3.8, 4) is 5.75 Å². The van der Waals surface area contributed by atoms with Crippen molar-refractivity contribution in [3.63, 3.8) is 0 Å². The highest BCUT2D eigenvalue weighted by molar-refractivity contribution is 5.78. The summed E-state index contributed by atoms with van der Waals surface area (Å²) in [7, 11) is -2.43. The van der Waals surface area contributed by atoms with E-state index in [-0.39, 0.29) is 5.82 Å². The van der Waals surface area contributed by atoms with Crippen LogP contribution in [0.1, 0.15) is 28.1 Å². The lowest BCUT2D eigenvalue weighted by Gasteiger charge is -2.32. The van der Waals surface area contributed by atoms with Gasteiger partial charge in [-0.25, -0.2) is 9.37 Å². The Hall–Kier alpha value is -3.38. The van der Waals surface area contributed by atoms with Crippen LogP contribution in [0.5, 0.6) is 5.75 Å². The van der Waals surface area contributed by atoms with Crippen LogP contribution >= 0.6 is 0 Å². The normalized spacial score (nSPS) is 16.7. The molecule has 5 nitrogen and oxygen atoms in total. The number of hydrogen-bond acceptors (Lipinski definition) is 4. The zero-order valence-corrected chi connectivity index (χ0v) is 19.1. The molecular weight excluding hydrogens is 427 g/mol. The fourth-order valence-corrected chi connectivity index (χ4v) is 4.61. The van der Waals surface area contributed by atoms with E-state index in [0.717, 1.165) is 67.0 Å². The smallest absolute Gasteiger partial charge is 0.204 e. The van der Waals surface area contributed by atoms with E-state index >= 15 is 0 Å². The number of benzene rings is 3. The molecule has 34 heavy (non-hydrogen) atoms. The molecule has 0 bridgehead atoms. The molecule has 1 aromatic heterocycles. The van der Waals surface area contributed by atoms with Gasteiger partial charge in [0.2, 0.25) is 5.95 Å². The first-order valence-corrected chi connectivity index (χ1v) is 11.8. The second-order valence-electron chi connectivity index (χ2n) is 8.89. The molecule has 6 heteroatoms. The summed E-state index contributed by atoms with van der Waals surface area (Å²) in [4.78, 5) is 7.33. The van der Waals surface area contributed by atoms with E-state index in [1.807, 2.05) is 42.5 Å². The molecule has 3 aromatic carbocycles. The highest BCUT2D eigenvalue weighted by Crippen LogP contribution is 2.24. The average Bonchev–Trinajstić information content (AvgIpc) is 3.21. The van der Waals surface area contributed by atoms with Crippen LogP contribution in [0.3, 0.4) is 0 Å². The first-order valence-electron chi connectivity index (χ1n) is 13.3. The zero-order chi connectivity index (χ0) is 25.8. The van der Waals surface area contributed by atoms with Crippen molar-refractivity contribution >= 4 is 17.0 Å². The van der Waals surface area contributed by atoms with Gasteiger partial charge < -0.3 is 19.5 Å². The maximum Gasteiger partial charge on any atom is 0.204 e. The van der Waals surface area contributed by atoms with Gasteiger partial charge in [-0.05, 0) is 66.8 Å². The minimum Gasteiger partial charge on any atom is -0.497 e. The molecular formula is C28H31FN4O. The van der Waals surface area contributed by atoms with Crippen LogP contribution < -0.4 is 10.1 Å². The number of nitrogens with one attached hydrogen (secondary N) is 1. The Bertz CT molecular complexity index is 1310. The molecule has 5 rings (SSSR count). The molecule has 1 N–H and O–H groups in total. The number of para-hydroxylation sites is 2. The fraction of sp³-hybridized carbons (Fsp3) is 0.321. The molecule has 0 spiro atoms. The minimum atomic E-state index is -2.43. The number of rotatable bonds is 8. The van der Waals surface area contributed by atoms with Crippen LogP contribution in [0.25, 0.3) is 11.0 Å². The number of halogens is 1. The summed E-state index contributed by atoms with van der Waals surface area (Å²) < 4.78 is 42.1. The Morgan fingerprint density at radius 2 is 1.74 bits per heavy atom. The number of methoxy groups -OCH3 is 1. The summed E-state index contributed by atoms with van der Waals surface area (Å²) in [6.45, 7) is 3.57. The van der Waals surface area contributed by atoms with Crippen molar-refractivity contribution in [1.29, 1.82) is 0 Å². The van der Waals surface area contributed by atoms with Gasteiger partial charge in [-0.3, -0.25) is 0 Å². The third kappa shape index (κ3) is 5.23. The molecule has 1 aliphatic rings. The third-order valence-electron chi connectivity index (χ3n) is 6.59. The van der Waals surface area contributed by atoms with E-state index in [2.05, 4.69) is 20.9 Å². The molecule has 4 aromatic rings. The first kappa shape index (κ1) is 19.0. The summed E-state index contributed by atoms with van der Waals surface area (Å²) in [6.07, 6.45) is 2.94. The second-order valence-corrected chi connectivity index (χ2v) is 8.89. The molecule has 0 radical (unpaired) electrons. The van der Waals surface area contributed by atoms with Gasteiger partial charge in [-0.1, -0.05) is 36.4 Å². The van der Waals surface area contributed by atoms with Gasteiger partial charge in [0.1, 0.15) is 11.6 Å². The molecule has 1 aliphatic heterocycles. The summed E-state index contributed by atoms with van der Waals surface area (Å²) in [5.41, 5.74) is 4.19. The summed E-state index contributed by atoms with van der Waals surface area (Å²) in [5.74, 6) is 0.980. The lowest BCUT2D eigenvalue weighted by atomic mass is 10.0. The Labute approximate surface area is 204 Å². The van der Waals surface area contributed by atoms with Crippen molar-refractivity contribution in [2.45, 2.75) is 31.8 Å². The lowest BCUT2D eigenvalue weighted by Crippen LogP contribution is -2.40. The molecule has 1 fully saturated rings. The van der Waals surface area contributed by atoms with E-state index in [1.54, 1.807) is 12.1 Å². The van der Waals surface area contributed by atoms with Crippen LogP contribution in [0, 0.1) is 5.82 Å². The number of nitrogens with zero attached hydrogens (tertiary/aromatic N) is 3. The molecule has 176 valence electrons. The molecule has 0 unspecified atom stereocenters. The minimum absolute atomic E-state index is 0.233. The highest BCUT2D eigenvalue weighted by Gasteiger charge is 2.21. The predicted molar refractivity (Wildman–Crippen MR) is 135 cm³/mol. The quantitative estimate of drug-likeness (QED) is 0.382. The highest BCUT2D eigenvalue weighted by atomic mass is 19.1. The van der Waals surface area contributed by atoms with Crippen LogP contribution in [0.2, 0.25) is 0 Å². The number of piperidine rings is 1. The SMILES string of the molecule is [3H]C([3H])([3H])Oc1ccc(CCN2CCC(Nc3nc4ccccc4n3Cc3ccc(F)cc3)CC2)cc1. The largest absolute Gasteiger partial charge is 0.497 e. The second kappa shape index (κ2) is 10.3. The van der Waals surface area contributed by atoms with Crippen LogP contribution in [-0.2, 0) is 13.0 Å². The van der Waals surface area contributed by atoms with Crippen molar-refractivity contribution in [3.05, 3.63) is 89.7 Å². The number of anilines is 1. The Balaban J connectivity index is 1.17. The van der Waals surface area contributed by atoms with Crippen molar-refractivity contribution in [1.82, 2.24) is 14.5 Å². The number of ether oxygens (including phenoxy) is 1. The summed E-state index contributed by atoms with van der Waals surface area (Å²) >= 11 is 0. The van der Waals surface area contributed by atoms with E-state index in [1.165, 1.54) is 12.1 Å². The number of likely N-dealkylation sites (tertiary alicyclic amines) is 1. The van der Waals surface area contributed by atoms with Gasteiger partial charge in [-0.15, -0.1) is 0 Å². The molecule has 1 saturated heterocycles. The number of aromatic nitrogens is 2.